The van der Waals surface area contributed by atoms with Gasteiger partial charge in [0.05, 0.1) is 0 Å². The van der Waals surface area contributed by atoms with Gasteiger partial charge in [0.15, 0.2) is 0 Å². The Kier molecular flexibility index (Phi) is 3.68. The van der Waals surface area contributed by atoms with Gasteiger partial charge in [-0.2, -0.15) is 0 Å². The van der Waals surface area contributed by atoms with E-state index in [0.29, 0.717) is 6.54 Å². The zero-order valence-corrected chi connectivity index (χ0v) is 11.2. The summed E-state index contributed by atoms with van der Waals surface area (Å²) in [6.45, 7) is 6.80. The predicted molar refractivity (Wildman–Crippen MR) is 75.1 cm³/mol. The highest BCUT2D eigenvalue weighted by molar-refractivity contribution is 5.40. The van der Waals surface area contributed by atoms with E-state index in [-0.39, 0.29) is 0 Å². The van der Waals surface area contributed by atoms with Crippen LogP contribution < -0.4 is 10.5 Å². The van der Waals surface area contributed by atoms with Crippen LogP contribution in [0.15, 0.2) is 36.4 Å². The lowest BCUT2D eigenvalue weighted by Gasteiger charge is -2.10. The summed E-state index contributed by atoms with van der Waals surface area (Å²) >= 11 is 0. The molecule has 2 N–H and O–H groups in total. The summed E-state index contributed by atoms with van der Waals surface area (Å²) in [5, 5.41) is 0. The number of rotatable bonds is 3. The molecule has 2 heteroatoms. The van der Waals surface area contributed by atoms with Gasteiger partial charge in [-0.15, -0.1) is 0 Å². The molecule has 0 aromatic heterocycles. The molecule has 0 fully saturated rings. The van der Waals surface area contributed by atoms with Crippen molar-refractivity contribution >= 4 is 0 Å². The molecular weight excluding hydrogens is 222 g/mol. The Hall–Kier alpha value is -1.80. The molecule has 0 heterocycles. The Morgan fingerprint density at radius 2 is 1.44 bits per heavy atom. The Labute approximate surface area is 108 Å². The second-order valence-electron chi connectivity index (χ2n) is 4.64. The van der Waals surface area contributed by atoms with Crippen LogP contribution in [-0.4, -0.2) is 0 Å². The van der Waals surface area contributed by atoms with Gasteiger partial charge in [-0.1, -0.05) is 12.1 Å². The fourth-order valence-electron chi connectivity index (χ4n) is 1.87. The average Bonchev–Trinajstić information content (AvgIpc) is 2.34. The first-order valence-electron chi connectivity index (χ1n) is 6.15. The Bertz CT molecular complexity index is 561. The third-order valence-electron chi connectivity index (χ3n) is 3.25. The van der Waals surface area contributed by atoms with Gasteiger partial charge >= 0.3 is 0 Å². The second-order valence-corrected chi connectivity index (χ2v) is 4.64. The molecule has 2 aromatic rings. The van der Waals surface area contributed by atoms with Crippen molar-refractivity contribution in [1.29, 1.82) is 0 Å². The number of ether oxygens (including phenoxy) is 1. The lowest BCUT2D eigenvalue weighted by Crippen LogP contribution is -1.99. The summed E-state index contributed by atoms with van der Waals surface area (Å²) in [4.78, 5) is 0. The number of benzene rings is 2. The summed E-state index contributed by atoms with van der Waals surface area (Å²) in [7, 11) is 0. The van der Waals surface area contributed by atoms with E-state index in [1.807, 2.05) is 24.3 Å². The fourth-order valence-corrected chi connectivity index (χ4v) is 1.87. The van der Waals surface area contributed by atoms with Gasteiger partial charge in [-0.25, -0.2) is 0 Å². The van der Waals surface area contributed by atoms with E-state index in [2.05, 4.69) is 32.9 Å². The molecule has 0 radical (unpaired) electrons. The van der Waals surface area contributed by atoms with Crippen LogP contribution >= 0.6 is 0 Å². The average molecular weight is 241 g/mol. The summed E-state index contributed by atoms with van der Waals surface area (Å²) < 4.78 is 5.85. The summed E-state index contributed by atoms with van der Waals surface area (Å²) in [5.41, 5.74) is 10.5. The lowest BCUT2D eigenvalue weighted by molar-refractivity contribution is 0.481. The number of aryl methyl sites for hydroxylation is 3. The maximum atomic E-state index is 5.85. The first-order valence-corrected chi connectivity index (χ1v) is 6.15. The summed E-state index contributed by atoms with van der Waals surface area (Å²) in [6, 6.07) is 12.1. The molecule has 0 bridgehead atoms. The van der Waals surface area contributed by atoms with Crippen molar-refractivity contribution in [3.05, 3.63) is 58.7 Å². The molecule has 0 saturated carbocycles. The highest BCUT2D eigenvalue weighted by Crippen LogP contribution is 2.25. The van der Waals surface area contributed by atoms with E-state index in [4.69, 9.17) is 10.5 Å². The van der Waals surface area contributed by atoms with Crippen LogP contribution in [0.5, 0.6) is 11.5 Å². The van der Waals surface area contributed by atoms with Crippen LogP contribution in [0.4, 0.5) is 0 Å². The van der Waals surface area contributed by atoms with Crippen molar-refractivity contribution in [3.63, 3.8) is 0 Å². The molecule has 0 amide bonds. The molecule has 0 saturated heterocycles. The molecule has 0 spiro atoms. The Morgan fingerprint density at radius 1 is 0.833 bits per heavy atom. The third-order valence-corrected chi connectivity index (χ3v) is 3.25. The van der Waals surface area contributed by atoms with Crippen molar-refractivity contribution in [1.82, 2.24) is 0 Å². The van der Waals surface area contributed by atoms with Crippen LogP contribution in [0.2, 0.25) is 0 Å². The normalized spacial score (nSPS) is 10.4. The minimum Gasteiger partial charge on any atom is -0.457 e. The van der Waals surface area contributed by atoms with E-state index in [1.54, 1.807) is 0 Å². The minimum absolute atomic E-state index is 0.565. The number of hydrogen-bond donors (Lipinski definition) is 1. The highest BCUT2D eigenvalue weighted by atomic mass is 16.5. The van der Waals surface area contributed by atoms with Crippen molar-refractivity contribution < 1.29 is 4.74 Å². The monoisotopic (exact) mass is 241 g/mol. The minimum atomic E-state index is 0.565. The smallest absolute Gasteiger partial charge is 0.127 e. The van der Waals surface area contributed by atoms with Crippen LogP contribution in [0.1, 0.15) is 22.3 Å². The van der Waals surface area contributed by atoms with Crippen molar-refractivity contribution in [2.45, 2.75) is 27.3 Å². The molecule has 2 nitrogen and oxygen atoms in total. The Balaban J connectivity index is 2.23. The van der Waals surface area contributed by atoms with E-state index < -0.39 is 0 Å². The second kappa shape index (κ2) is 5.23. The number of nitrogens with two attached hydrogens (primary N) is 1. The topological polar surface area (TPSA) is 35.2 Å². The molecule has 0 aliphatic carbocycles. The maximum absolute atomic E-state index is 5.85. The van der Waals surface area contributed by atoms with E-state index in [0.717, 1.165) is 17.1 Å². The molecule has 94 valence electrons. The van der Waals surface area contributed by atoms with Gasteiger partial charge in [0.1, 0.15) is 11.5 Å². The van der Waals surface area contributed by atoms with Gasteiger partial charge in [0.2, 0.25) is 0 Å². The molecule has 2 rings (SSSR count). The molecule has 0 aliphatic heterocycles. The fraction of sp³-hybridized carbons (Fsp3) is 0.250. The van der Waals surface area contributed by atoms with Gasteiger partial charge < -0.3 is 10.5 Å². The molecule has 0 aliphatic rings. The van der Waals surface area contributed by atoms with Gasteiger partial charge in [0.25, 0.3) is 0 Å². The molecular formula is C16H19NO. The van der Waals surface area contributed by atoms with E-state index >= 15 is 0 Å². The third kappa shape index (κ3) is 2.71. The van der Waals surface area contributed by atoms with Crippen LogP contribution in [0.25, 0.3) is 0 Å². The highest BCUT2D eigenvalue weighted by Gasteiger charge is 2.02. The van der Waals surface area contributed by atoms with Gasteiger partial charge in [0, 0.05) is 6.54 Å². The first-order chi connectivity index (χ1) is 8.60. The standard InChI is InChI=1S/C16H19NO/c1-11-4-6-15(8-12(11)2)18-16-7-5-14(10-17)13(3)9-16/h4-9H,10,17H2,1-3H3. The van der Waals surface area contributed by atoms with Gasteiger partial charge in [-0.05, 0) is 67.3 Å². The van der Waals surface area contributed by atoms with Crippen molar-refractivity contribution in [3.8, 4) is 11.5 Å². The largest absolute Gasteiger partial charge is 0.457 e. The summed E-state index contributed by atoms with van der Waals surface area (Å²) in [6.07, 6.45) is 0. The van der Waals surface area contributed by atoms with Crippen LogP contribution in [0, 0.1) is 20.8 Å². The zero-order chi connectivity index (χ0) is 13.1. The SMILES string of the molecule is Cc1ccc(Oc2ccc(CN)c(C)c2)cc1C. The lowest BCUT2D eigenvalue weighted by atomic mass is 10.1. The molecule has 0 atom stereocenters. The van der Waals surface area contributed by atoms with Crippen LogP contribution in [-0.2, 0) is 6.54 Å². The molecule has 0 unspecified atom stereocenters. The van der Waals surface area contributed by atoms with Crippen LogP contribution in [0.3, 0.4) is 0 Å². The van der Waals surface area contributed by atoms with Crippen molar-refractivity contribution in [2.75, 3.05) is 0 Å². The maximum Gasteiger partial charge on any atom is 0.127 e. The van der Waals surface area contributed by atoms with Gasteiger partial charge in [-0.3, -0.25) is 0 Å². The van der Waals surface area contributed by atoms with E-state index in [1.165, 1.54) is 16.7 Å². The molecule has 2 aromatic carbocycles. The van der Waals surface area contributed by atoms with E-state index in [9.17, 15) is 0 Å². The quantitative estimate of drug-likeness (QED) is 0.885. The zero-order valence-electron chi connectivity index (χ0n) is 11.2. The Morgan fingerprint density at radius 3 is 2.00 bits per heavy atom. The molecule has 18 heavy (non-hydrogen) atoms. The first kappa shape index (κ1) is 12.7. The predicted octanol–water partition coefficient (Wildman–Crippen LogP) is 3.86. The van der Waals surface area contributed by atoms with Crippen molar-refractivity contribution in [2.24, 2.45) is 5.73 Å². The number of hydrogen-bond acceptors (Lipinski definition) is 2. The summed E-state index contributed by atoms with van der Waals surface area (Å²) in [5.74, 6) is 1.73.